The van der Waals surface area contributed by atoms with Crippen molar-refractivity contribution >= 4 is 17.0 Å². The van der Waals surface area contributed by atoms with Crippen LogP contribution in [0.2, 0.25) is 0 Å². The Hall–Kier alpha value is -2.15. The summed E-state index contributed by atoms with van der Waals surface area (Å²) in [5.41, 5.74) is 1.59. The molecule has 0 aromatic carbocycles. The Labute approximate surface area is 134 Å². The van der Waals surface area contributed by atoms with E-state index >= 15 is 0 Å². The molecule has 2 N–H and O–H groups in total. The number of aromatic nitrogens is 4. The van der Waals surface area contributed by atoms with Gasteiger partial charge >= 0.3 is 0 Å². The van der Waals surface area contributed by atoms with Crippen molar-refractivity contribution in [2.45, 2.75) is 39.2 Å². The van der Waals surface area contributed by atoms with Crippen molar-refractivity contribution in [1.82, 2.24) is 19.7 Å². The van der Waals surface area contributed by atoms with Crippen LogP contribution in [0, 0.1) is 0 Å². The molecule has 0 fully saturated rings. The van der Waals surface area contributed by atoms with Gasteiger partial charge in [-0.2, -0.15) is 10.1 Å². The van der Waals surface area contributed by atoms with E-state index in [2.05, 4.69) is 26.5 Å². The Kier molecular flexibility index (Phi) is 4.21. The second-order valence-electron chi connectivity index (χ2n) is 6.74. The zero-order chi connectivity index (χ0) is 16.4. The van der Waals surface area contributed by atoms with Gasteiger partial charge in [-0.25, -0.2) is 4.68 Å². The van der Waals surface area contributed by atoms with E-state index in [1.54, 1.807) is 10.9 Å². The summed E-state index contributed by atoms with van der Waals surface area (Å²) in [7, 11) is 0. The van der Waals surface area contributed by atoms with Crippen LogP contribution < -0.4 is 10.9 Å². The van der Waals surface area contributed by atoms with Gasteiger partial charge in [-0.05, 0) is 33.6 Å². The summed E-state index contributed by atoms with van der Waals surface area (Å²) in [5, 5.41) is 8.02. The van der Waals surface area contributed by atoms with E-state index in [0.29, 0.717) is 23.6 Å². The summed E-state index contributed by atoms with van der Waals surface area (Å²) in [6.45, 7) is 8.32. The summed E-state index contributed by atoms with van der Waals surface area (Å²) < 4.78 is 7.08. The Bertz CT molecular complexity index is 782. The van der Waals surface area contributed by atoms with Crippen LogP contribution in [0.1, 0.15) is 33.6 Å². The molecule has 1 aliphatic rings. The molecular weight excluding hydrogens is 294 g/mol. The largest absolute Gasteiger partial charge is 0.377 e. The van der Waals surface area contributed by atoms with E-state index in [0.717, 1.165) is 26.0 Å². The van der Waals surface area contributed by atoms with Crippen molar-refractivity contribution in [3.8, 4) is 0 Å². The van der Waals surface area contributed by atoms with Gasteiger partial charge in [0.2, 0.25) is 5.95 Å². The van der Waals surface area contributed by atoms with Gasteiger partial charge in [0, 0.05) is 6.54 Å². The van der Waals surface area contributed by atoms with Crippen LogP contribution in [0.15, 0.2) is 22.6 Å². The van der Waals surface area contributed by atoms with Crippen LogP contribution in [0.4, 0.5) is 5.95 Å². The highest BCUT2D eigenvalue weighted by Crippen LogP contribution is 2.19. The molecule has 0 unspecified atom stereocenters. The van der Waals surface area contributed by atoms with E-state index in [4.69, 9.17) is 4.74 Å². The first-order valence-electron chi connectivity index (χ1n) is 7.93. The zero-order valence-electron chi connectivity index (χ0n) is 13.8. The van der Waals surface area contributed by atoms with Crippen molar-refractivity contribution < 1.29 is 4.74 Å². The Morgan fingerprint density at radius 1 is 1.43 bits per heavy atom. The maximum atomic E-state index is 12.2. The van der Waals surface area contributed by atoms with Crippen molar-refractivity contribution in [1.29, 1.82) is 0 Å². The first-order chi connectivity index (χ1) is 10.9. The molecule has 124 valence electrons. The Morgan fingerprint density at radius 2 is 2.26 bits per heavy atom. The highest BCUT2D eigenvalue weighted by molar-refractivity contribution is 5.74. The van der Waals surface area contributed by atoms with Crippen LogP contribution >= 0.6 is 0 Å². The van der Waals surface area contributed by atoms with Gasteiger partial charge in [0.05, 0.1) is 24.9 Å². The highest BCUT2D eigenvalue weighted by atomic mass is 16.5. The van der Waals surface area contributed by atoms with E-state index in [1.807, 2.05) is 20.8 Å². The first-order valence-corrected chi connectivity index (χ1v) is 7.93. The minimum Gasteiger partial charge on any atom is -0.377 e. The standard InChI is InChI=1S/C16H23N5O2/c1-16(2,3)21-13-12(10-18-21)14(22)20-15(19-13)17-7-4-11-5-8-23-9-6-11/h5,10H,4,6-9H2,1-3H3,(H2,17,19,20,22). The first kappa shape index (κ1) is 15.7. The minimum absolute atomic E-state index is 0.168. The van der Waals surface area contributed by atoms with Crippen LogP contribution in [0.25, 0.3) is 11.0 Å². The van der Waals surface area contributed by atoms with Crippen molar-refractivity contribution in [2.24, 2.45) is 0 Å². The molecule has 0 saturated carbocycles. The molecule has 3 heterocycles. The topological polar surface area (TPSA) is 84.8 Å². The quantitative estimate of drug-likeness (QED) is 0.843. The molecule has 7 nitrogen and oxygen atoms in total. The fraction of sp³-hybridized carbons (Fsp3) is 0.562. The second kappa shape index (κ2) is 6.16. The normalized spacial score (nSPS) is 15.7. The van der Waals surface area contributed by atoms with E-state index in [1.165, 1.54) is 5.57 Å². The smallest absolute Gasteiger partial charge is 0.263 e. The van der Waals surface area contributed by atoms with Gasteiger partial charge in [0.25, 0.3) is 5.56 Å². The Morgan fingerprint density at radius 3 is 2.96 bits per heavy atom. The second-order valence-corrected chi connectivity index (χ2v) is 6.74. The molecule has 7 heteroatoms. The van der Waals surface area contributed by atoms with Crippen molar-refractivity contribution in [2.75, 3.05) is 25.1 Å². The molecule has 1 aliphatic heterocycles. The SMILES string of the molecule is CC(C)(C)n1ncc2c(=O)[nH]c(NCCC3=CCOCC3)nc21. The molecule has 0 aliphatic carbocycles. The summed E-state index contributed by atoms with van der Waals surface area (Å²) in [4.78, 5) is 19.5. The van der Waals surface area contributed by atoms with Crippen LogP contribution in [0.3, 0.4) is 0 Å². The molecule has 23 heavy (non-hydrogen) atoms. The van der Waals surface area contributed by atoms with Crippen LogP contribution in [-0.2, 0) is 10.3 Å². The van der Waals surface area contributed by atoms with Gasteiger partial charge in [0.15, 0.2) is 5.65 Å². The van der Waals surface area contributed by atoms with E-state index < -0.39 is 0 Å². The predicted octanol–water partition coefficient (Wildman–Crippen LogP) is 2.02. The molecular formula is C16H23N5O2. The average Bonchev–Trinajstić information content (AvgIpc) is 2.93. The highest BCUT2D eigenvalue weighted by Gasteiger charge is 2.19. The molecule has 0 saturated heterocycles. The van der Waals surface area contributed by atoms with Gasteiger partial charge in [-0.15, -0.1) is 0 Å². The summed E-state index contributed by atoms with van der Waals surface area (Å²) in [5.74, 6) is 0.487. The van der Waals surface area contributed by atoms with Gasteiger partial charge in [0.1, 0.15) is 5.39 Å². The molecule has 0 radical (unpaired) electrons. The van der Waals surface area contributed by atoms with E-state index in [9.17, 15) is 4.79 Å². The van der Waals surface area contributed by atoms with E-state index in [-0.39, 0.29) is 11.1 Å². The zero-order valence-corrected chi connectivity index (χ0v) is 13.8. The fourth-order valence-corrected chi connectivity index (χ4v) is 2.63. The molecule has 0 bridgehead atoms. The maximum absolute atomic E-state index is 12.2. The molecule has 2 aromatic rings. The number of aromatic amines is 1. The average molecular weight is 317 g/mol. The number of rotatable bonds is 4. The number of H-pyrrole nitrogens is 1. The number of hydrogen-bond donors (Lipinski definition) is 2. The third kappa shape index (κ3) is 3.44. The third-order valence-electron chi connectivity index (χ3n) is 3.87. The van der Waals surface area contributed by atoms with Gasteiger partial charge < -0.3 is 10.1 Å². The van der Waals surface area contributed by atoms with Crippen molar-refractivity contribution in [3.05, 3.63) is 28.2 Å². The summed E-state index contributed by atoms with van der Waals surface area (Å²) in [6.07, 6.45) is 5.59. The lowest BCUT2D eigenvalue weighted by molar-refractivity contribution is 0.153. The minimum atomic E-state index is -0.229. The number of hydrogen-bond acceptors (Lipinski definition) is 5. The lowest BCUT2D eigenvalue weighted by Gasteiger charge is -2.19. The number of fused-ring (bicyclic) bond motifs is 1. The lowest BCUT2D eigenvalue weighted by Crippen LogP contribution is -2.24. The Balaban J connectivity index is 1.78. The molecule has 0 atom stereocenters. The predicted molar refractivity (Wildman–Crippen MR) is 89.8 cm³/mol. The van der Waals surface area contributed by atoms with Crippen molar-refractivity contribution in [3.63, 3.8) is 0 Å². The molecule has 2 aromatic heterocycles. The van der Waals surface area contributed by atoms with Gasteiger partial charge in [-0.1, -0.05) is 11.6 Å². The molecule has 0 amide bonds. The lowest BCUT2D eigenvalue weighted by atomic mass is 10.1. The van der Waals surface area contributed by atoms with Crippen LogP contribution in [-0.4, -0.2) is 39.5 Å². The summed E-state index contributed by atoms with van der Waals surface area (Å²) >= 11 is 0. The number of nitrogens with zero attached hydrogens (tertiary/aromatic N) is 3. The fourth-order valence-electron chi connectivity index (χ4n) is 2.63. The monoisotopic (exact) mass is 317 g/mol. The number of nitrogens with one attached hydrogen (secondary N) is 2. The third-order valence-corrected chi connectivity index (χ3v) is 3.87. The van der Waals surface area contributed by atoms with Gasteiger partial charge in [-0.3, -0.25) is 9.78 Å². The maximum Gasteiger partial charge on any atom is 0.263 e. The molecule has 0 spiro atoms. The summed E-state index contributed by atoms with van der Waals surface area (Å²) in [6, 6.07) is 0. The number of ether oxygens (including phenoxy) is 1. The molecule has 3 rings (SSSR count). The number of anilines is 1. The van der Waals surface area contributed by atoms with Crippen LogP contribution in [0.5, 0.6) is 0 Å².